The Labute approximate surface area is 505 Å². The van der Waals surface area contributed by atoms with Crippen LogP contribution in [-0.4, -0.2) is 137 Å². The van der Waals surface area contributed by atoms with E-state index in [1.54, 1.807) is 0 Å². The summed E-state index contributed by atoms with van der Waals surface area (Å²) in [4.78, 5) is 23.0. The summed E-state index contributed by atoms with van der Waals surface area (Å²) in [6.45, 7) is 20.3. The van der Waals surface area contributed by atoms with Crippen molar-refractivity contribution in [2.24, 2.45) is 29.1 Å². The molecule has 0 aromatic rings. The van der Waals surface area contributed by atoms with Gasteiger partial charge in [-0.3, -0.25) is 4.90 Å². The van der Waals surface area contributed by atoms with Crippen LogP contribution in [0.15, 0.2) is 0 Å². The first kappa shape index (κ1) is 67.9. The van der Waals surface area contributed by atoms with E-state index >= 15 is 0 Å². The van der Waals surface area contributed by atoms with E-state index in [-0.39, 0.29) is 161 Å². The summed E-state index contributed by atoms with van der Waals surface area (Å²) < 4.78 is 12.7. The van der Waals surface area contributed by atoms with Gasteiger partial charge in [0.15, 0.2) is 0 Å². The van der Waals surface area contributed by atoms with Crippen molar-refractivity contribution >= 4 is 0 Å². The molecule has 4 atom stereocenters. The van der Waals surface area contributed by atoms with Gasteiger partial charge < -0.3 is 55.8 Å². The fourth-order valence-corrected chi connectivity index (χ4v) is 10.1. The van der Waals surface area contributed by atoms with Crippen molar-refractivity contribution in [1.29, 1.82) is 0 Å². The largest absolute Gasteiger partial charge is 0.662 e. The second-order valence-corrected chi connectivity index (χ2v) is 21.5. The summed E-state index contributed by atoms with van der Waals surface area (Å²) in [5, 5.41) is 13.8. The molecular weight excluding hydrogens is 1140 g/mol. The first-order chi connectivity index (χ1) is 30.1. The minimum Gasteiger partial charge on any atom is -0.662 e. The average Bonchev–Trinajstić information content (AvgIpc) is 3.95. The molecule has 376 valence electrons. The normalized spacial score (nSPS) is 30.7. The monoisotopic (exact) mass is 1230 g/mol. The van der Waals surface area contributed by atoms with Crippen LogP contribution in [0.5, 0.6) is 0 Å². The van der Waals surface area contributed by atoms with Crippen molar-refractivity contribution in [3.05, 3.63) is 21.8 Å². The van der Waals surface area contributed by atoms with Gasteiger partial charge in [0.05, 0.1) is 32.0 Å². The minimum absolute atomic E-state index is 0. The van der Waals surface area contributed by atoms with Gasteiger partial charge in [-0.15, -0.1) is 12.6 Å². The molecular formula is C50H94N6O6Y4-4. The van der Waals surface area contributed by atoms with Crippen LogP contribution >= 0.6 is 0 Å². The fourth-order valence-electron chi connectivity index (χ4n) is 10.1. The van der Waals surface area contributed by atoms with Crippen LogP contribution in [-0.2, 0) is 155 Å². The van der Waals surface area contributed by atoms with Crippen molar-refractivity contribution in [2.75, 3.05) is 79.3 Å². The number of rotatable bonds is 28. The van der Waals surface area contributed by atoms with Gasteiger partial charge in [-0.2, -0.15) is 13.1 Å². The molecule has 4 aliphatic carbocycles. The molecule has 6 fully saturated rings. The molecule has 2 saturated heterocycles. The Balaban J connectivity index is 0.00000258. The maximum Gasteiger partial charge on any atom is 0.0732 e. The third kappa shape index (κ3) is 29.3. The number of nitrogens with zero attached hydrogens (tertiary/aromatic N) is 6. The van der Waals surface area contributed by atoms with Crippen LogP contribution < -0.4 is 0 Å². The van der Waals surface area contributed by atoms with Crippen molar-refractivity contribution in [2.45, 2.75) is 212 Å². The topological polar surface area (TPSA) is 129 Å². The molecule has 1 N–H and O–H groups in total. The van der Waals surface area contributed by atoms with Gasteiger partial charge in [-0.25, -0.2) is 0 Å². The van der Waals surface area contributed by atoms with Crippen LogP contribution in [0.2, 0.25) is 0 Å². The van der Waals surface area contributed by atoms with Crippen LogP contribution in [0.25, 0.3) is 21.8 Å². The first-order valence-electron chi connectivity index (χ1n) is 26.0. The summed E-state index contributed by atoms with van der Waals surface area (Å²) in [7, 11) is 2.14. The average molecular weight is 1230 g/mol. The molecule has 6 rings (SSSR count). The van der Waals surface area contributed by atoms with E-state index in [1.807, 2.05) is 0 Å². The third-order valence-electron chi connectivity index (χ3n) is 14.8. The van der Waals surface area contributed by atoms with Crippen LogP contribution in [0.3, 0.4) is 0 Å². The van der Waals surface area contributed by atoms with Gasteiger partial charge in [-0.1, -0.05) is 78.7 Å². The number of ether oxygens (including phenoxy) is 2. The summed E-state index contributed by atoms with van der Waals surface area (Å²) in [6.07, 6.45) is 25.5. The Hall–Kier alpha value is 3.94. The standard InChI is InChI=1S/C47H88N5O6.C3H6N.4Y/c1-7-9-26-48-56-44-22-14-39(15-23-44)27-37-10-18-41(19-11-37)49-58-46(31-52-29-36(52)3)33-55-35-47(4,5)34-54-32-42(30-51(6)8-2)50-57-45-24-16-40(17-25-45)28-38-12-20-43(53)21-13-38;1-2-4-3-1;;;;/h36-46,53H,7-35H2,1-6H3;1-3H2;;;;/q-3;-1;;;;. The van der Waals surface area contributed by atoms with Crippen molar-refractivity contribution in [1.82, 2.24) is 9.80 Å². The zero-order valence-electron chi connectivity index (χ0n) is 43.0. The second kappa shape index (κ2) is 39.3. The number of hydroxylamine groups is 3. The first-order valence-corrected chi connectivity index (χ1v) is 26.0. The molecule has 0 bridgehead atoms. The molecule has 66 heavy (non-hydrogen) atoms. The maximum atomic E-state index is 9.87. The van der Waals surface area contributed by atoms with Crippen molar-refractivity contribution < 1.29 is 160 Å². The number of hydrogen-bond acceptors (Lipinski definition) is 8. The van der Waals surface area contributed by atoms with Gasteiger partial charge in [-0.05, 0) is 141 Å². The van der Waals surface area contributed by atoms with E-state index in [9.17, 15) is 5.11 Å². The molecule has 0 spiro atoms. The van der Waals surface area contributed by atoms with Gasteiger partial charge >= 0.3 is 0 Å². The van der Waals surface area contributed by atoms with E-state index in [0.29, 0.717) is 44.6 Å². The zero-order valence-corrected chi connectivity index (χ0v) is 54.3. The number of aliphatic hydroxyl groups is 1. The molecule has 6 aliphatic rings. The molecule has 4 unspecified atom stereocenters. The van der Waals surface area contributed by atoms with Crippen LogP contribution in [0.1, 0.15) is 169 Å². The molecule has 12 nitrogen and oxygen atoms in total. The van der Waals surface area contributed by atoms with Crippen molar-refractivity contribution in [3.8, 4) is 0 Å². The Kier molecular flexibility index (Phi) is 40.5. The molecule has 16 heteroatoms. The molecule has 4 radical (unpaired) electrons. The Bertz CT molecular complexity index is 1140. The van der Waals surface area contributed by atoms with Crippen molar-refractivity contribution in [3.63, 3.8) is 0 Å². The zero-order chi connectivity index (χ0) is 44.0. The number of aliphatic hydroxyl groups excluding tert-OH is 1. The van der Waals surface area contributed by atoms with E-state index < -0.39 is 0 Å². The molecule has 4 saturated carbocycles. The SMILES string of the molecule is C1C[N-]C1.CCCC[N-]OC1CCC(CC2CCC([N-]OC(COCC(C)(C)COCC(CN(C)CC)[N-]OC3CCC(CC4CCC(O)CC4)CC3)CN3CC3C)CC2)CC1.[Y].[Y].[Y].[Y]. The van der Waals surface area contributed by atoms with Gasteiger partial charge in [0, 0.05) is 174 Å². The Morgan fingerprint density at radius 3 is 1.70 bits per heavy atom. The molecule has 0 amide bonds. The molecule has 0 aromatic heterocycles. The number of unbranched alkanes of at least 4 members (excludes halogenated alkanes) is 1. The minimum atomic E-state index is -0.139. The van der Waals surface area contributed by atoms with E-state index in [2.05, 4.69) is 62.3 Å². The van der Waals surface area contributed by atoms with Gasteiger partial charge in [0.25, 0.3) is 0 Å². The predicted octanol–water partition coefficient (Wildman–Crippen LogP) is 10.9. The third-order valence-corrected chi connectivity index (χ3v) is 14.8. The maximum absolute atomic E-state index is 9.87. The van der Waals surface area contributed by atoms with Gasteiger partial charge in [0.2, 0.25) is 0 Å². The predicted molar refractivity (Wildman–Crippen MR) is 252 cm³/mol. The molecule has 0 aromatic carbocycles. The van der Waals surface area contributed by atoms with Crippen LogP contribution in [0.4, 0.5) is 0 Å². The quantitative estimate of drug-likeness (QED) is 0.0466. The van der Waals surface area contributed by atoms with E-state index in [0.717, 1.165) is 114 Å². The summed E-state index contributed by atoms with van der Waals surface area (Å²) in [5.41, 5.74) is 13.8. The summed E-state index contributed by atoms with van der Waals surface area (Å²) in [6, 6.07) is 0.903. The van der Waals surface area contributed by atoms with Gasteiger partial charge in [0.1, 0.15) is 0 Å². The molecule has 2 aliphatic heterocycles. The number of hydrogen-bond donors (Lipinski definition) is 1. The number of likely N-dealkylation sites (N-methyl/N-ethyl adjacent to an activating group) is 1. The summed E-state index contributed by atoms with van der Waals surface area (Å²) in [5.74, 6) is 3.27. The summed E-state index contributed by atoms with van der Waals surface area (Å²) >= 11 is 0. The van der Waals surface area contributed by atoms with E-state index in [1.165, 1.54) is 89.9 Å². The molecule has 2 heterocycles. The van der Waals surface area contributed by atoms with E-state index in [4.69, 9.17) is 34.9 Å². The second-order valence-electron chi connectivity index (χ2n) is 21.5. The smallest absolute Gasteiger partial charge is 0.0732 e. The van der Waals surface area contributed by atoms with Crippen LogP contribution in [0, 0.1) is 29.1 Å². The Morgan fingerprint density at radius 1 is 0.727 bits per heavy atom. The fraction of sp³-hybridized carbons (Fsp3) is 1.00. The Morgan fingerprint density at radius 2 is 1.21 bits per heavy atom.